The molecule has 2 atom stereocenters. The minimum atomic E-state index is -0.810. The fourth-order valence-corrected chi connectivity index (χ4v) is 5.38. The quantitative estimate of drug-likeness (QED) is 0.441. The van der Waals surface area contributed by atoms with E-state index in [0.717, 1.165) is 34.9 Å². The Hall–Kier alpha value is -3.15. The third kappa shape index (κ3) is 4.91. The molecule has 2 heterocycles. The van der Waals surface area contributed by atoms with Crippen molar-refractivity contribution >= 4 is 25.2 Å². The maximum atomic E-state index is 9.97. The van der Waals surface area contributed by atoms with Crippen LogP contribution >= 0.6 is 0 Å². The summed E-state index contributed by atoms with van der Waals surface area (Å²) in [4.78, 5) is 0. The molecule has 4 aromatic rings. The smallest absolute Gasteiger partial charge is 0.423 e. The van der Waals surface area contributed by atoms with Gasteiger partial charge in [0.05, 0.1) is 11.2 Å². The van der Waals surface area contributed by atoms with E-state index in [9.17, 15) is 10.0 Å². The molecule has 2 N–H and O–H groups in total. The highest BCUT2D eigenvalue weighted by Gasteiger charge is 2.44. The molecule has 6 heteroatoms. The number of hydrogen-bond donors (Lipinski definition) is 2. The van der Waals surface area contributed by atoms with Crippen LogP contribution < -0.4 is 10.9 Å². The molecule has 180 valence electrons. The van der Waals surface area contributed by atoms with Crippen LogP contribution in [0, 0.1) is 0 Å². The van der Waals surface area contributed by atoms with Crippen LogP contribution in [0.4, 0.5) is 0 Å². The van der Waals surface area contributed by atoms with Gasteiger partial charge in [0.15, 0.2) is 0 Å². The van der Waals surface area contributed by atoms with Gasteiger partial charge in [-0.25, -0.2) is 0 Å². The van der Waals surface area contributed by atoms with E-state index in [1.54, 1.807) is 0 Å². The summed E-state index contributed by atoms with van der Waals surface area (Å²) in [7, 11) is -1.62. The first-order valence-electron chi connectivity index (χ1n) is 12.4. The van der Waals surface area contributed by atoms with Crippen LogP contribution in [0.25, 0.3) is 0 Å². The summed E-state index contributed by atoms with van der Waals surface area (Å²) in [5, 5.41) is 19.9. The van der Waals surface area contributed by atoms with Crippen molar-refractivity contribution in [2.45, 2.75) is 37.9 Å². The summed E-state index contributed by atoms with van der Waals surface area (Å²) >= 11 is 0. The zero-order valence-electron chi connectivity index (χ0n) is 20.7. The maximum absolute atomic E-state index is 9.97. The fourth-order valence-electron chi connectivity index (χ4n) is 5.38. The van der Waals surface area contributed by atoms with Gasteiger partial charge in [0.2, 0.25) is 0 Å². The minimum absolute atomic E-state index is 0.447. The zero-order chi connectivity index (χ0) is 25.2. The normalized spacial score (nSPS) is 22.0. The van der Waals surface area contributed by atoms with Crippen LogP contribution in [-0.2, 0) is 33.4 Å². The summed E-state index contributed by atoms with van der Waals surface area (Å²) in [6.07, 6.45) is 1.53. The molecule has 4 nitrogen and oxygen atoms in total. The van der Waals surface area contributed by atoms with Gasteiger partial charge in [-0.1, -0.05) is 109 Å². The molecular weight excluding hydrogens is 446 g/mol. The van der Waals surface area contributed by atoms with E-state index in [1.165, 1.54) is 11.1 Å². The van der Waals surface area contributed by atoms with E-state index in [-0.39, 0.29) is 0 Å². The molecule has 0 aliphatic carbocycles. The monoisotopic (exact) mass is 476 g/mol. The summed E-state index contributed by atoms with van der Waals surface area (Å²) in [6.45, 7) is 4.07. The molecule has 4 aromatic carbocycles. The lowest BCUT2D eigenvalue weighted by molar-refractivity contribution is 0.0800. The Labute approximate surface area is 213 Å². The molecule has 0 spiro atoms. The van der Waals surface area contributed by atoms with Crippen LogP contribution in [0.3, 0.4) is 0 Å². The summed E-state index contributed by atoms with van der Waals surface area (Å²) < 4.78 is 11.6. The van der Waals surface area contributed by atoms with E-state index in [2.05, 4.69) is 24.3 Å². The molecule has 0 saturated heterocycles. The lowest BCUT2D eigenvalue weighted by Crippen LogP contribution is -2.29. The van der Waals surface area contributed by atoms with Crippen molar-refractivity contribution in [1.82, 2.24) is 0 Å². The van der Waals surface area contributed by atoms with Gasteiger partial charge >= 0.3 is 14.2 Å². The number of hydrogen-bond acceptors (Lipinski definition) is 4. The van der Waals surface area contributed by atoms with Gasteiger partial charge in [-0.15, -0.1) is 0 Å². The van der Waals surface area contributed by atoms with Crippen LogP contribution in [0.5, 0.6) is 0 Å². The lowest BCUT2D eigenvalue weighted by Gasteiger charge is -2.26. The SMILES string of the molecule is CC1(Cc2ccccc2)OB(O)c2ccccc21.CC1(Cc2ccccc2)OB(O)c2ccccc21. The van der Waals surface area contributed by atoms with E-state index >= 15 is 0 Å². The Kier molecular flexibility index (Phi) is 6.87. The largest absolute Gasteiger partial charge is 0.492 e. The highest BCUT2D eigenvalue weighted by atomic mass is 16.5. The van der Waals surface area contributed by atoms with Gasteiger partial charge in [-0.2, -0.15) is 0 Å². The first-order valence-corrected chi connectivity index (χ1v) is 12.4. The van der Waals surface area contributed by atoms with Crippen molar-refractivity contribution in [2.24, 2.45) is 0 Å². The third-order valence-corrected chi connectivity index (χ3v) is 7.11. The van der Waals surface area contributed by atoms with E-state index in [4.69, 9.17) is 9.31 Å². The molecule has 2 aliphatic rings. The van der Waals surface area contributed by atoms with Crippen molar-refractivity contribution < 1.29 is 19.4 Å². The average molecular weight is 476 g/mol. The molecule has 0 fully saturated rings. The predicted octanol–water partition coefficient (Wildman–Crippen LogP) is 3.72. The van der Waals surface area contributed by atoms with Crippen molar-refractivity contribution in [2.75, 3.05) is 0 Å². The van der Waals surface area contributed by atoms with Crippen LogP contribution in [0.15, 0.2) is 109 Å². The maximum Gasteiger partial charge on any atom is 0.492 e. The Morgan fingerprint density at radius 1 is 0.528 bits per heavy atom. The molecule has 0 saturated carbocycles. The van der Waals surface area contributed by atoms with E-state index < -0.39 is 25.4 Å². The number of benzene rings is 4. The van der Waals surface area contributed by atoms with Crippen LogP contribution in [-0.4, -0.2) is 24.3 Å². The molecular formula is C30H30B2O4. The average Bonchev–Trinajstić information content (AvgIpc) is 3.30. The standard InChI is InChI=1S/2C15H15BO2/c2*1-15(11-12-7-3-2-4-8-12)13-9-5-6-10-14(13)16(17)18-15/h2*2-10,17H,11H2,1H3. The van der Waals surface area contributed by atoms with Gasteiger partial charge in [-0.05, 0) is 47.0 Å². The molecule has 0 amide bonds. The molecule has 6 rings (SSSR count). The molecule has 0 bridgehead atoms. The Balaban J connectivity index is 0.000000148. The van der Waals surface area contributed by atoms with Gasteiger partial charge in [0, 0.05) is 12.8 Å². The van der Waals surface area contributed by atoms with Gasteiger partial charge in [-0.3, -0.25) is 0 Å². The number of fused-ring (bicyclic) bond motifs is 2. The minimum Gasteiger partial charge on any atom is -0.423 e. The highest BCUT2D eigenvalue weighted by Crippen LogP contribution is 2.34. The summed E-state index contributed by atoms with van der Waals surface area (Å²) in [5.41, 5.74) is 5.47. The van der Waals surface area contributed by atoms with Gasteiger partial charge in [0.25, 0.3) is 0 Å². The third-order valence-electron chi connectivity index (χ3n) is 7.11. The second-order valence-electron chi connectivity index (χ2n) is 9.90. The summed E-state index contributed by atoms with van der Waals surface area (Å²) in [5.74, 6) is 0. The molecule has 36 heavy (non-hydrogen) atoms. The first-order chi connectivity index (χ1) is 17.4. The molecule has 2 unspecified atom stereocenters. The van der Waals surface area contributed by atoms with Crippen molar-refractivity contribution in [1.29, 1.82) is 0 Å². The second-order valence-corrected chi connectivity index (χ2v) is 9.90. The highest BCUT2D eigenvalue weighted by molar-refractivity contribution is 6.62. The summed E-state index contributed by atoms with van der Waals surface area (Å²) in [6, 6.07) is 36.2. The number of rotatable bonds is 4. The Morgan fingerprint density at radius 3 is 1.25 bits per heavy atom. The van der Waals surface area contributed by atoms with Crippen LogP contribution in [0.1, 0.15) is 36.1 Å². The van der Waals surface area contributed by atoms with E-state index in [1.807, 2.05) is 98.8 Å². The van der Waals surface area contributed by atoms with E-state index in [0.29, 0.717) is 0 Å². The van der Waals surface area contributed by atoms with Crippen molar-refractivity contribution in [3.8, 4) is 0 Å². The topological polar surface area (TPSA) is 58.9 Å². The van der Waals surface area contributed by atoms with Crippen molar-refractivity contribution in [3.63, 3.8) is 0 Å². The zero-order valence-corrected chi connectivity index (χ0v) is 20.7. The second kappa shape index (κ2) is 10.1. The van der Waals surface area contributed by atoms with Gasteiger partial charge in [0.1, 0.15) is 0 Å². The first kappa shape index (κ1) is 24.5. The predicted molar refractivity (Wildman–Crippen MR) is 145 cm³/mol. The Bertz CT molecular complexity index is 1210. The van der Waals surface area contributed by atoms with Crippen molar-refractivity contribution in [3.05, 3.63) is 131 Å². The fraction of sp³-hybridized carbons (Fsp3) is 0.200. The molecule has 0 aromatic heterocycles. The van der Waals surface area contributed by atoms with Crippen LogP contribution in [0.2, 0.25) is 0 Å². The Morgan fingerprint density at radius 2 is 0.861 bits per heavy atom. The lowest BCUT2D eigenvalue weighted by atomic mass is 9.77. The molecule has 2 aliphatic heterocycles. The molecule has 0 radical (unpaired) electrons. The van der Waals surface area contributed by atoms with Gasteiger partial charge < -0.3 is 19.4 Å².